The smallest absolute Gasteiger partial charge is 0.311 e. The van der Waals surface area contributed by atoms with Crippen molar-refractivity contribution in [1.29, 1.82) is 0 Å². The highest BCUT2D eigenvalue weighted by atomic mass is 16.4. The zero-order valence-electron chi connectivity index (χ0n) is 13.9. The maximum Gasteiger partial charge on any atom is 0.311 e. The van der Waals surface area contributed by atoms with E-state index in [2.05, 4.69) is 6.92 Å². The van der Waals surface area contributed by atoms with Crippen LogP contribution in [-0.2, 0) is 11.2 Å². The fourth-order valence-electron chi connectivity index (χ4n) is 3.38. The van der Waals surface area contributed by atoms with Crippen molar-refractivity contribution >= 4 is 17.6 Å². The van der Waals surface area contributed by atoms with E-state index in [4.69, 9.17) is 0 Å². The second-order valence-corrected chi connectivity index (χ2v) is 6.26. The number of hydrogen-bond acceptors (Lipinski definition) is 2. The molecule has 0 saturated carbocycles. The van der Waals surface area contributed by atoms with Crippen LogP contribution < -0.4 is 4.90 Å². The average Bonchev–Trinajstić information content (AvgIpc) is 2.60. The highest BCUT2D eigenvalue weighted by Gasteiger charge is 2.37. The van der Waals surface area contributed by atoms with E-state index in [1.54, 1.807) is 11.0 Å². The largest absolute Gasteiger partial charge is 0.481 e. The molecule has 2 atom stereocenters. The van der Waals surface area contributed by atoms with Crippen molar-refractivity contribution in [1.82, 2.24) is 0 Å². The summed E-state index contributed by atoms with van der Waals surface area (Å²) in [4.78, 5) is 26.3. The van der Waals surface area contributed by atoms with Crippen molar-refractivity contribution in [3.8, 4) is 0 Å². The van der Waals surface area contributed by atoms with Gasteiger partial charge in [0.05, 0.1) is 5.92 Å². The van der Waals surface area contributed by atoms with Gasteiger partial charge >= 0.3 is 5.97 Å². The Bertz CT molecular complexity index is 767. The number of carbonyl (C=O) groups is 2. The van der Waals surface area contributed by atoms with E-state index in [-0.39, 0.29) is 11.9 Å². The van der Waals surface area contributed by atoms with Crippen LogP contribution in [0.2, 0.25) is 0 Å². The Balaban J connectivity index is 2.01. The minimum absolute atomic E-state index is 0.0820. The van der Waals surface area contributed by atoms with Crippen LogP contribution in [0.3, 0.4) is 0 Å². The van der Waals surface area contributed by atoms with Crippen LogP contribution in [0, 0.1) is 0 Å². The molecule has 0 aliphatic carbocycles. The number of rotatable bonds is 3. The number of carbonyl (C=O) groups excluding carboxylic acids is 1. The maximum atomic E-state index is 13.0. The number of fused-ring (bicyclic) bond motifs is 1. The molecule has 0 saturated heterocycles. The lowest BCUT2D eigenvalue weighted by molar-refractivity contribution is -0.139. The van der Waals surface area contributed by atoms with Crippen LogP contribution in [0.5, 0.6) is 0 Å². The van der Waals surface area contributed by atoms with Gasteiger partial charge in [-0.25, -0.2) is 0 Å². The van der Waals surface area contributed by atoms with Crippen LogP contribution in [0.1, 0.15) is 47.7 Å². The summed E-state index contributed by atoms with van der Waals surface area (Å²) < 4.78 is 0. The van der Waals surface area contributed by atoms with Gasteiger partial charge in [0.1, 0.15) is 0 Å². The van der Waals surface area contributed by atoms with Gasteiger partial charge < -0.3 is 10.0 Å². The molecule has 0 bridgehead atoms. The van der Waals surface area contributed by atoms with Gasteiger partial charge in [0.25, 0.3) is 5.91 Å². The number of hydrogen-bond donors (Lipinski definition) is 1. The zero-order valence-corrected chi connectivity index (χ0v) is 13.9. The minimum atomic E-state index is -0.839. The molecule has 2 aromatic rings. The number of carboxylic acid groups (broad SMARTS) is 1. The number of aliphatic carboxylic acids is 1. The third-order valence-corrected chi connectivity index (χ3v) is 4.72. The number of benzene rings is 2. The van der Waals surface area contributed by atoms with Crippen molar-refractivity contribution in [2.24, 2.45) is 0 Å². The normalized spacial score (nSPS) is 19.7. The maximum absolute atomic E-state index is 13.0. The summed E-state index contributed by atoms with van der Waals surface area (Å²) >= 11 is 0. The number of aryl methyl sites for hydroxylation is 1. The molecule has 24 heavy (non-hydrogen) atoms. The predicted molar refractivity (Wildman–Crippen MR) is 93.5 cm³/mol. The summed E-state index contributed by atoms with van der Waals surface area (Å²) in [7, 11) is 0. The van der Waals surface area contributed by atoms with Gasteiger partial charge in [-0.2, -0.15) is 0 Å². The quantitative estimate of drug-likeness (QED) is 0.933. The van der Waals surface area contributed by atoms with E-state index >= 15 is 0 Å². The van der Waals surface area contributed by atoms with Gasteiger partial charge in [-0.05, 0) is 49.1 Å². The van der Waals surface area contributed by atoms with Crippen LogP contribution in [0.25, 0.3) is 0 Å². The van der Waals surface area contributed by atoms with Crippen LogP contribution in [-0.4, -0.2) is 23.0 Å². The van der Waals surface area contributed by atoms with Gasteiger partial charge in [-0.1, -0.05) is 37.3 Å². The summed E-state index contributed by atoms with van der Waals surface area (Å²) in [5.74, 6) is -1.49. The molecule has 0 spiro atoms. The van der Waals surface area contributed by atoms with Crippen molar-refractivity contribution in [3.63, 3.8) is 0 Å². The monoisotopic (exact) mass is 323 g/mol. The van der Waals surface area contributed by atoms with E-state index < -0.39 is 11.9 Å². The van der Waals surface area contributed by atoms with Crippen molar-refractivity contribution in [2.45, 2.75) is 38.6 Å². The minimum Gasteiger partial charge on any atom is -0.481 e. The first kappa shape index (κ1) is 16.2. The highest BCUT2D eigenvalue weighted by Crippen LogP contribution is 2.39. The molecule has 1 aliphatic rings. The van der Waals surface area contributed by atoms with E-state index in [1.165, 1.54) is 5.56 Å². The molecule has 1 N–H and O–H groups in total. The molecule has 3 rings (SSSR count). The van der Waals surface area contributed by atoms with Crippen molar-refractivity contribution < 1.29 is 14.7 Å². The van der Waals surface area contributed by atoms with Crippen molar-refractivity contribution in [3.05, 3.63) is 65.2 Å². The van der Waals surface area contributed by atoms with E-state index in [9.17, 15) is 14.7 Å². The summed E-state index contributed by atoms with van der Waals surface area (Å²) in [6, 6.07) is 14.8. The Hall–Kier alpha value is -2.62. The Morgan fingerprint density at radius 3 is 2.42 bits per heavy atom. The molecule has 2 unspecified atom stereocenters. The molecule has 0 fully saturated rings. The number of anilines is 1. The predicted octanol–water partition coefficient (Wildman–Crippen LogP) is 3.86. The molecule has 1 heterocycles. The van der Waals surface area contributed by atoms with Gasteiger partial charge in [-0.3, -0.25) is 9.59 Å². The molecule has 2 aromatic carbocycles. The number of amides is 1. The second-order valence-electron chi connectivity index (χ2n) is 6.26. The lowest BCUT2D eigenvalue weighted by Gasteiger charge is -2.38. The van der Waals surface area contributed by atoms with Gasteiger partial charge in [0.2, 0.25) is 0 Å². The molecular weight excluding hydrogens is 302 g/mol. The molecule has 1 amide bonds. The average molecular weight is 323 g/mol. The third kappa shape index (κ3) is 2.80. The standard InChI is InChI=1S/C20H21NO3/c1-3-14-8-10-15(11-9-14)19(22)21-13(2)12-17(20(23)24)16-6-4-5-7-18(16)21/h4-11,13,17H,3,12H2,1-2H3,(H,23,24). The fourth-order valence-corrected chi connectivity index (χ4v) is 3.38. The molecule has 1 aliphatic heterocycles. The van der Waals surface area contributed by atoms with Gasteiger partial charge in [0.15, 0.2) is 0 Å². The Kier molecular flexibility index (Phi) is 4.38. The molecule has 124 valence electrons. The summed E-state index contributed by atoms with van der Waals surface area (Å²) in [5.41, 5.74) is 3.22. The van der Waals surface area contributed by atoms with Crippen LogP contribution in [0.4, 0.5) is 5.69 Å². The Labute approximate surface area is 141 Å². The molecule has 4 heteroatoms. The fraction of sp³-hybridized carbons (Fsp3) is 0.300. The summed E-state index contributed by atoms with van der Waals surface area (Å²) in [6.45, 7) is 3.98. The van der Waals surface area contributed by atoms with Crippen LogP contribution in [0.15, 0.2) is 48.5 Å². The first-order chi connectivity index (χ1) is 11.5. The first-order valence-corrected chi connectivity index (χ1v) is 8.27. The van der Waals surface area contributed by atoms with E-state index in [0.717, 1.165) is 6.42 Å². The van der Waals surface area contributed by atoms with Gasteiger partial charge in [-0.15, -0.1) is 0 Å². The first-order valence-electron chi connectivity index (χ1n) is 8.27. The number of para-hydroxylation sites is 1. The lowest BCUT2D eigenvalue weighted by Crippen LogP contribution is -2.44. The molecular formula is C20H21NO3. The summed E-state index contributed by atoms with van der Waals surface area (Å²) in [6.07, 6.45) is 1.35. The second kappa shape index (κ2) is 6.48. The van der Waals surface area contributed by atoms with Gasteiger partial charge in [0, 0.05) is 17.3 Å². The lowest BCUT2D eigenvalue weighted by atomic mass is 9.85. The Morgan fingerprint density at radius 2 is 1.79 bits per heavy atom. The van der Waals surface area contributed by atoms with Crippen molar-refractivity contribution in [2.75, 3.05) is 4.90 Å². The molecule has 0 radical (unpaired) electrons. The Morgan fingerprint density at radius 1 is 1.12 bits per heavy atom. The molecule has 0 aromatic heterocycles. The summed E-state index contributed by atoms with van der Waals surface area (Å²) in [5, 5.41) is 9.50. The third-order valence-electron chi connectivity index (χ3n) is 4.72. The van der Waals surface area contributed by atoms with E-state index in [0.29, 0.717) is 23.2 Å². The number of carboxylic acids is 1. The molecule has 4 nitrogen and oxygen atoms in total. The zero-order chi connectivity index (χ0) is 17.3. The SMILES string of the molecule is CCc1ccc(C(=O)N2c3ccccc3C(C(=O)O)CC2C)cc1. The number of nitrogens with zero attached hydrogens (tertiary/aromatic N) is 1. The van der Waals surface area contributed by atoms with Crippen LogP contribution >= 0.6 is 0 Å². The highest BCUT2D eigenvalue weighted by molar-refractivity contribution is 6.07. The topological polar surface area (TPSA) is 57.6 Å². The van der Waals surface area contributed by atoms with E-state index in [1.807, 2.05) is 49.4 Å².